The van der Waals surface area contributed by atoms with Crippen LogP contribution in [0, 0.1) is 5.41 Å². The highest BCUT2D eigenvalue weighted by Gasteiger charge is 2.74. The van der Waals surface area contributed by atoms with E-state index < -0.39 is 205 Å². The van der Waals surface area contributed by atoms with Crippen molar-refractivity contribution in [1.82, 2.24) is 24.8 Å². The number of fused-ring (bicyclic) bond motifs is 1. The molecule has 0 radical (unpaired) electrons. The molecule has 33 heteroatoms. The van der Waals surface area contributed by atoms with Crippen LogP contribution in [0.25, 0.3) is 11.2 Å². The van der Waals surface area contributed by atoms with Gasteiger partial charge < -0.3 is 75.1 Å². The zero-order valence-corrected chi connectivity index (χ0v) is 40.3. The fourth-order valence-electron chi connectivity index (χ4n) is 7.58. The van der Waals surface area contributed by atoms with Gasteiger partial charge in [-0.3, -0.25) is 72.2 Å². The van der Waals surface area contributed by atoms with Crippen LogP contribution < -0.4 is 45.3 Å². The first-order valence-corrected chi connectivity index (χ1v) is 22.6. The van der Waals surface area contributed by atoms with E-state index in [4.69, 9.17) is 39.1 Å². The van der Waals surface area contributed by atoms with Crippen LogP contribution in [0.15, 0.2) is 35.3 Å². The zero-order valence-electron chi connectivity index (χ0n) is 40.3. The lowest BCUT2D eigenvalue weighted by Gasteiger charge is -2.49. The first-order chi connectivity index (χ1) is 35.9. The van der Waals surface area contributed by atoms with Gasteiger partial charge in [-0.1, -0.05) is 0 Å². The molecule has 77 heavy (non-hydrogen) atoms. The van der Waals surface area contributed by atoms with Crippen molar-refractivity contribution in [1.29, 1.82) is 0 Å². The summed E-state index contributed by atoms with van der Waals surface area (Å²) in [5.74, 6) is -26.4. The Labute approximate surface area is 431 Å². The molecule has 1 aromatic carbocycles. The predicted octanol–water partition coefficient (Wildman–Crippen LogP) is -4.19. The third-order valence-electron chi connectivity index (χ3n) is 11.7. The van der Waals surface area contributed by atoms with Gasteiger partial charge in [-0.2, -0.15) is 4.98 Å². The van der Waals surface area contributed by atoms with E-state index in [-0.39, 0.29) is 35.0 Å². The predicted molar refractivity (Wildman–Crippen MR) is 255 cm³/mol. The highest BCUT2D eigenvalue weighted by Crippen LogP contribution is 2.48. The molecule has 0 aliphatic rings. The van der Waals surface area contributed by atoms with Crippen LogP contribution in [0.3, 0.4) is 0 Å². The monoisotopic (exact) mass is 1090 g/mol. The maximum Gasteiger partial charge on any atom is 0.349 e. The van der Waals surface area contributed by atoms with Crippen molar-refractivity contribution in [3.8, 4) is 0 Å². The van der Waals surface area contributed by atoms with Crippen LogP contribution in [0.5, 0.6) is 0 Å². The van der Waals surface area contributed by atoms with Gasteiger partial charge in [0.15, 0.2) is 28.5 Å². The summed E-state index contributed by atoms with van der Waals surface area (Å²) in [7, 11) is 0. The number of nitrogen functional groups attached to an aromatic ring is 1. The number of nitrogens with one attached hydrogen (secondary N) is 2. The number of carbonyl (C=O) groups is 13. The molecule has 33 nitrogen and oxygen atoms in total. The van der Waals surface area contributed by atoms with Crippen molar-refractivity contribution in [3.05, 3.63) is 52.1 Å². The SMILES string of the molecule is Nc1nc2ncc(CNc3ccc(C(=O)N(C(=O)CCC(N)C(=O)O)C(C(=O)CCC(N)C(=O)O)(C(=O)OC(=O)CCC(N)C(=O)O)C(CC(=O)O)(C(=O)CCC(N)C(=O)O)C(=O)CCC(N)C(=O)O)cc3)nc2c(=O)[nH]1. The summed E-state index contributed by atoms with van der Waals surface area (Å²) in [6.45, 7) is -0.221. The van der Waals surface area contributed by atoms with Crippen molar-refractivity contribution in [2.45, 2.75) is 113 Å². The minimum atomic E-state index is -4.60. The first kappa shape index (κ1) is 62.2. The third-order valence-corrected chi connectivity index (χ3v) is 11.7. The van der Waals surface area contributed by atoms with Gasteiger partial charge in [0.25, 0.3) is 11.5 Å². The number of imide groups is 1. The van der Waals surface area contributed by atoms with E-state index in [1.807, 2.05) is 0 Å². The van der Waals surface area contributed by atoms with E-state index in [0.29, 0.717) is 0 Å². The van der Waals surface area contributed by atoms with Gasteiger partial charge in [0.1, 0.15) is 35.6 Å². The van der Waals surface area contributed by atoms with Gasteiger partial charge in [-0.05, 0) is 56.4 Å². The molecule has 20 N–H and O–H groups in total. The molecule has 0 aliphatic heterocycles. The van der Waals surface area contributed by atoms with Crippen LogP contribution in [-0.4, -0.2) is 168 Å². The van der Waals surface area contributed by atoms with Crippen molar-refractivity contribution >= 4 is 99.7 Å². The summed E-state index contributed by atoms with van der Waals surface area (Å²) in [6.07, 6.45) is -13.5. The number of amides is 2. The standard InChI is InChI=1S/C44H54N12O21/c45-21(36(66)67)5-10-26(57)43(15-30(61)62,27(58)11-6-22(46)37(68)69)44(28(59)12-7-23(47)38(70)71,41(76)77-31(63)14-9-25(49)40(74)75)56(29(60)13-8-24(48)39(72)73)35(65)18-1-3-19(4-2-18)51-16-20-17-52-33-32(53-20)34(64)55-42(50)54-33/h1-4,17,21-25,51H,5-16,45-49H2,(H,61,62)(H,66,67)(H,68,69)(H,70,71)(H,72,73)(H,74,75)(H3,50,52,54,55,64). The van der Waals surface area contributed by atoms with E-state index in [0.717, 1.165) is 24.3 Å². The highest BCUT2D eigenvalue weighted by molar-refractivity contribution is 6.28. The number of rotatable bonds is 32. The number of nitrogens with zero attached hydrogens (tertiary/aromatic N) is 4. The van der Waals surface area contributed by atoms with Crippen LogP contribution in [0.4, 0.5) is 11.6 Å². The van der Waals surface area contributed by atoms with E-state index in [1.54, 1.807) is 0 Å². The Morgan fingerprint density at radius 3 is 1.52 bits per heavy atom. The molecule has 0 bridgehead atoms. The van der Waals surface area contributed by atoms with E-state index in [2.05, 4.69) is 25.3 Å². The van der Waals surface area contributed by atoms with Gasteiger partial charge in [0.2, 0.25) is 17.4 Å². The lowest BCUT2D eigenvalue weighted by atomic mass is 9.56. The number of aliphatic carboxylic acids is 6. The maximum atomic E-state index is 15.6. The van der Waals surface area contributed by atoms with Crippen LogP contribution in [0.2, 0.25) is 0 Å². The van der Waals surface area contributed by atoms with Gasteiger partial charge in [-0.15, -0.1) is 0 Å². The molecular formula is C44H54N12O21. The zero-order chi connectivity index (χ0) is 58.3. The average molecular weight is 1090 g/mol. The lowest BCUT2D eigenvalue weighted by Crippen LogP contribution is -2.77. The fraction of sp³-hybridized carbons (Fsp3) is 0.432. The highest BCUT2D eigenvalue weighted by atomic mass is 16.6. The van der Waals surface area contributed by atoms with Gasteiger partial charge in [-0.25, -0.2) is 14.8 Å². The molecule has 0 aliphatic carbocycles. The molecule has 0 saturated carbocycles. The fourth-order valence-corrected chi connectivity index (χ4v) is 7.58. The second-order valence-electron chi connectivity index (χ2n) is 17.1. The minimum absolute atomic E-state index is 0.0720. The third kappa shape index (κ3) is 15.3. The number of hydrogen-bond donors (Lipinski definition) is 14. The number of aromatic amines is 1. The molecule has 0 spiro atoms. The maximum absolute atomic E-state index is 15.6. The summed E-state index contributed by atoms with van der Waals surface area (Å²) >= 11 is 0. The number of anilines is 2. The first-order valence-electron chi connectivity index (χ1n) is 22.6. The Bertz CT molecular complexity index is 2860. The Balaban J connectivity index is 2.61. The molecule has 2 heterocycles. The summed E-state index contributed by atoms with van der Waals surface area (Å²) in [5, 5.41) is 61.5. The summed E-state index contributed by atoms with van der Waals surface area (Å²) in [6, 6.07) is -6.33. The molecular weight excluding hydrogens is 1030 g/mol. The summed E-state index contributed by atoms with van der Waals surface area (Å²) in [5.41, 5.74) is 23.2. The van der Waals surface area contributed by atoms with Crippen LogP contribution in [-0.2, 0) is 68.8 Å². The number of carboxylic acid groups (broad SMARTS) is 6. The average Bonchev–Trinajstić information content (AvgIpc) is 3.36. The number of H-pyrrole nitrogens is 1. The topological polar surface area (TPSA) is 595 Å². The van der Waals surface area contributed by atoms with Gasteiger partial charge >= 0.3 is 47.8 Å². The number of nitrogens with two attached hydrogens (primary N) is 6. The van der Waals surface area contributed by atoms with Crippen LogP contribution in [0.1, 0.15) is 86.7 Å². The Morgan fingerprint density at radius 1 is 0.623 bits per heavy atom. The van der Waals surface area contributed by atoms with E-state index in [1.165, 1.54) is 6.20 Å². The molecule has 6 atom stereocenters. The molecule has 2 aromatic heterocycles. The molecule has 0 saturated heterocycles. The Morgan fingerprint density at radius 2 is 1.06 bits per heavy atom. The van der Waals surface area contributed by atoms with Crippen LogP contribution >= 0.6 is 0 Å². The van der Waals surface area contributed by atoms with Crippen molar-refractivity contribution in [2.75, 3.05) is 11.1 Å². The number of ketones is 3. The molecule has 3 aromatic rings. The quantitative estimate of drug-likeness (QED) is 0.0208. The summed E-state index contributed by atoms with van der Waals surface area (Å²) in [4.78, 5) is 205. The minimum Gasteiger partial charge on any atom is -0.481 e. The lowest BCUT2D eigenvalue weighted by molar-refractivity contribution is -0.187. The van der Waals surface area contributed by atoms with Crippen molar-refractivity contribution in [3.63, 3.8) is 0 Å². The molecule has 6 unspecified atom stereocenters. The second-order valence-corrected chi connectivity index (χ2v) is 17.1. The number of benzene rings is 1. The Kier molecular flexibility index (Phi) is 21.8. The van der Waals surface area contributed by atoms with Gasteiger partial charge in [0.05, 0.1) is 24.9 Å². The van der Waals surface area contributed by atoms with Crippen molar-refractivity contribution < 1.29 is 97.7 Å². The smallest absolute Gasteiger partial charge is 0.349 e. The van der Waals surface area contributed by atoms with Crippen molar-refractivity contribution in [2.24, 2.45) is 34.1 Å². The molecule has 2 amide bonds. The summed E-state index contributed by atoms with van der Waals surface area (Å²) < 4.78 is 5.00. The van der Waals surface area contributed by atoms with Gasteiger partial charge in [0, 0.05) is 43.4 Å². The molecule has 3 rings (SSSR count). The molecule has 416 valence electrons. The number of esters is 2. The normalized spacial score (nSPS) is 14.7. The molecule has 0 fully saturated rings. The Hall–Kier alpha value is -9.05. The number of aromatic nitrogens is 4. The second kappa shape index (κ2) is 26.9. The largest absolute Gasteiger partial charge is 0.481 e. The van der Waals surface area contributed by atoms with E-state index in [9.17, 15) is 69.0 Å². The number of ether oxygens (including phenoxy) is 1. The van der Waals surface area contributed by atoms with E-state index >= 15 is 28.8 Å². The number of Topliss-reactive ketones (excluding diaryl/α,β-unsaturated/α-hetero) is 3. The number of hydrogen-bond acceptors (Lipinski definition) is 25. The number of carbonyl (C=O) groups excluding carboxylic acids is 7. The number of carboxylic acids is 6.